The van der Waals surface area contributed by atoms with Gasteiger partial charge in [0.05, 0.1) is 5.41 Å². The summed E-state index contributed by atoms with van der Waals surface area (Å²) in [4.78, 5) is 12.2. The zero-order valence-corrected chi connectivity index (χ0v) is 9.70. The van der Waals surface area contributed by atoms with Crippen LogP contribution in [0.15, 0.2) is 5.10 Å². The van der Waals surface area contributed by atoms with Gasteiger partial charge in [0.2, 0.25) is 0 Å². The second kappa shape index (κ2) is 3.95. The monoisotopic (exact) mass is 208 g/mol. The van der Waals surface area contributed by atoms with Crippen molar-refractivity contribution in [3.05, 3.63) is 0 Å². The molecule has 1 saturated carbocycles. The SMILES string of the molecule is CCN1N=C[C@](C)(C2CCCCC2)C1=O. The second-order valence-corrected chi connectivity index (χ2v) is 4.88. The predicted molar refractivity (Wildman–Crippen MR) is 60.6 cm³/mol. The van der Waals surface area contributed by atoms with Gasteiger partial charge in [0.1, 0.15) is 0 Å². The number of hydrazone groups is 1. The molecule has 3 nitrogen and oxygen atoms in total. The summed E-state index contributed by atoms with van der Waals surface area (Å²) in [5, 5.41) is 5.83. The Labute approximate surface area is 91.5 Å². The van der Waals surface area contributed by atoms with Gasteiger partial charge >= 0.3 is 0 Å². The maximum atomic E-state index is 12.2. The van der Waals surface area contributed by atoms with Crippen LogP contribution in [-0.4, -0.2) is 23.7 Å². The number of rotatable bonds is 2. The Morgan fingerprint density at radius 1 is 1.47 bits per heavy atom. The molecule has 1 fully saturated rings. The molecule has 2 rings (SSSR count). The maximum absolute atomic E-state index is 12.2. The molecule has 0 aromatic rings. The van der Waals surface area contributed by atoms with Crippen molar-refractivity contribution in [2.24, 2.45) is 16.4 Å². The molecule has 0 N–H and O–H groups in total. The molecule has 0 aromatic heterocycles. The van der Waals surface area contributed by atoms with E-state index >= 15 is 0 Å². The third-order valence-corrected chi connectivity index (χ3v) is 3.91. The van der Waals surface area contributed by atoms with E-state index in [1.807, 2.05) is 13.1 Å². The van der Waals surface area contributed by atoms with E-state index in [0.717, 1.165) is 0 Å². The van der Waals surface area contributed by atoms with Gasteiger partial charge in [-0.25, -0.2) is 5.01 Å². The number of carbonyl (C=O) groups excluding carboxylic acids is 1. The number of carbonyl (C=O) groups is 1. The highest BCUT2D eigenvalue weighted by molar-refractivity contribution is 6.01. The predicted octanol–water partition coefficient (Wildman–Crippen LogP) is 2.42. The van der Waals surface area contributed by atoms with Crippen LogP contribution in [0.5, 0.6) is 0 Å². The van der Waals surface area contributed by atoms with Crippen molar-refractivity contribution < 1.29 is 4.79 Å². The summed E-state index contributed by atoms with van der Waals surface area (Å²) in [7, 11) is 0. The van der Waals surface area contributed by atoms with E-state index in [4.69, 9.17) is 0 Å². The van der Waals surface area contributed by atoms with Crippen molar-refractivity contribution in [2.75, 3.05) is 6.54 Å². The zero-order chi connectivity index (χ0) is 10.9. The van der Waals surface area contributed by atoms with Crippen molar-refractivity contribution in [3.8, 4) is 0 Å². The molecule has 1 heterocycles. The zero-order valence-electron chi connectivity index (χ0n) is 9.70. The Morgan fingerprint density at radius 3 is 2.67 bits per heavy atom. The fourth-order valence-corrected chi connectivity index (χ4v) is 2.78. The van der Waals surface area contributed by atoms with Crippen LogP contribution in [0, 0.1) is 11.3 Å². The molecule has 1 aliphatic carbocycles. The van der Waals surface area contributed by atoms with Crippen molar-refractivity contribution in [3.63, 3.8) is 0 Å². The Hall–Kier alpha value is -0.860. The molecule has 1 atom stereocenters. The minimum absolute atomic E-state index is 0.205. The fraction of sp³-hybridized carbons (Fsp3) is 0.833. The van der Waals surface area contributed by atoms with Crippen LogP contribution in [0.1, 0.15) is 46.0 Å². The summed E-state index contributed by atoms with van der Waals surface area (Å²) in [5.74, 6) is 0.718. The Bertz CT molecular complexity index is 281. The smallest absolute Gasteiger partial charge is 0.254 e. The standard InChI is InChI=1S/C12H20N2O/c1-3-14-11(15)12(2,9-13-14)10-7-5-4-6-8-10/h9-10H,3-8H2,1-2H3/t12-/m1/s1. The lowest BCUT2D eigenvalue weighted by Crippen LogP contribution is -2.40. The van der Waals surface area contributed by atoms with Crippen molar-refractivity contribution in [1.82, 2.24) is 5.01 Å². The van der Waals surface area contributed by atoms with Gasteiger partial charge < -0.3 is 0 Å². The molecule has 0 saturated heterocycles. The van der Waals surface area contributed by atoms with Crippen LogP contribution in [0.2, 0.25) is 0 Å². The first-order chi connectivity index (χ1) is 7.18. The van der Waals surface area contributed by atoms with E-state index in [2.05, 4.69) is 12.0 Å². The van der Waals surface area contributed by atoms with Gasteiger partial charge in [0.25, 0.3) is 5.91 Å². The molecule has 0 aromatic carbocycles. The largest absolute Gasteiger partial charge is 0.272 e. The van der Waals surface area contributed by atoms with Crippen LogP contribution in [0.4, 0.5) is 0 Å². The van der Waals surface area contributed by atoms with Crippen molar-refractivity contribution in [2.45, 2.75) is 46.0 Å². The maximum Gasteiger partial charge on any atom is 0.254 e. The summed E-state index contributed by atoms with van der Waals surface area (Å²) in [6, 6.07) is 0. The van der Waals surface area contributed by atoms with E-state index in [1.54, 1.807) is 5.01 Å². The van der Waals surface area contributed by atoms with Gasteiger partial charge in [-0.2, -0.15) is 5.10 Å². The lowest BCUT2D eigenvalue weighted by atomic mass is 9.70. The lowest BCUT2D eigenvalue weighted by Gasteiger charge is -2.33. The average Bonchev–Trinajstić information content (AvgIpc) is 2.58. The molecular formula is C12H20N2O. The summed E-state index contributed by atoms with van der Waals surface area (Å²) in [6.45, 7) is 4.73. The number of amides is 1. The topological polar surface area (TPSA) is 32.7 Å². The molecule has 84 valence electrons. The molecule has 0 unspecified atom stereocenters. The Balaban J connectivity index is 2.13. The van der Waals surface area contributed by atoms with Gasteiger partial charge in [-0.3, -0.25) is 4.79 Å². The summed E-state index contributed by atoms with van der Waals surface area (Å²) in [6.07, 6.45) is 8.13. The van der Waals surface area contributed by atoms with Crippen LogP contribution >= 0.6 is 0 Å². The number of hydrogen-bond acceptors (Lipinski definition) is 2. The first-order valence-electron chi connectivity index (χ1n) is 6.05. The molecule has 3 heteroatoms. The molecule has 1 amide bonds. The van der Waals surface area contributed by atoms with Crippen LogP contribution in [-0.2, 0) is 4.79 Å². The molecular weight excluding hydrogens is 188 g/mol. The normalized spacial score (nSPS) is 32.7. The van der Waals surface area contributed by atoms with E-state index in [1.165, 1.54) is 32.1 Å². The van der Waals surface area contributed by atoms with Crippen LogP contribution in [0.25, 0.3) is 0 Å². The Morgan fingerprint density at radius 2 is 2.13 bits per heavy atom. The van der Waals surface area contributed by atoms with Gasteiger partial charge in [-0.15, -0.1) is 0 Å². The van der Waals surface area contributed by atoms with Crippen molar-refractivity contribution >= 4 is 12.1 Å². The summed E-state index contributed by atoms with van der Waals surface area (Å²) >= 11 is 0. The third kappa shape index (κ3) is 1.68. The minimum atomic E-state index is -0.309. The first-order valence-corrected chi connectivity index (χ1v) is 6.05. The van der Waals surface area contributed by atoms with E-state index < -0.39 is 0 Å². The molecule has 2 aliphatic rings. The highest BCUT2D eigenvalue weighted by Gasteiger charge is 2.45. The third-order valence-electron chi connectivity index (χ3n) is 3.91. The van der Waals surface area contributed by atoms with Gasteiger partial charge in [-0.05, 0) is 32.6 Å². The molecule has 0 radical (unpaired) electrons. The fourth-order valence-electron chi connectivity index (χ4n) is 2.78. The second-order valence-electron chi connectivity index (χ2n) is 4.88. The van der Waals surface area contributed by atoms with Gasteiger partial charge in [0, 0.05) is 12.8 Å². The van der Waals surface area contributed by atoms with Crippen LogP contribution < -0.4 is 0 Å². The average molecular weight is 208 g/mol. The Kier molecular flexibility index (Phi) is 2.81. The highest BCUT2D eigenvalue weighted by atomic mass is 16.2. The van der Waals surface area contributed by atoms with Gasteiger partial charge in [-0.1, -0.05) is 19.3 Å². The van der Waals surface area contributed by atoms with E-state index in [9.17, 15) is 4.79 Å². The van der Waals surface area contributed by atoms with Crippen molar-refractivity contribution in [1.29, 1.82) is 0 Å². The minimum Gasteiger partial charge on any atom is -0.272 e. The highest BCUT2D eigenvalue weighted by Crippen LogP contribution is 2.40. The summed E-state index contributed by atoms with van der Waals surface area (Å²) < 4.78 is 0. The number of nitrogens with zero attached hydrogens (tertiary/aromatic N) is 2. The molecule has 0 bridgehead atoms. The van der Waals surface area contributed by atoms with Crippen LogP contribution in [0.3, 0.4) is 0 Å². The molecule has 15 heavy (non-hydrogen) atoms. The van der Waals surface area contributed by atoms with E-state index in [-0.39, 0.29) is 11.3 Å². The first kappa shape index (κ1) is 10.7. The van der Waals surface area contributed by atoms with E-state index in [0.29, 0.717) is 12.5 Å². The van der Waals surface area contributed by atoms with Gasteiger partial charge in [0.15, 0.2) is 0 Å². The molecule has 0 spiro atoms. The molecule has 1 aliphatic heterocycles. The summed E-state index contributed by atoms with van der Waals surface area (Å²) in [5.41, 5.74) is -0.309. The lowest BCUT2D eigenvalue weighted by molar-refractivity contribution is -0.137. The quantitative estimate of drug-likeness (QED) is 0.686. The number of hydrogen-bond donors (Lipinski definition) is 0.